The monoisotopic (exact) mass is 347 g/mol. The minimum atomic E-state index is 0.296. The third-order valence-corrected chi connectivity index (χ3v) is 3.84. The predicted molar refractivity (Wildman–Crippen MR) is 91.9 cm³/mol. The van der Waals surface area contributed by atoms with Crippen molar-refractivity contribution in [2.45, 2.75) is 26.3 Å². The van der Waals surface area contributed by atoms with Gasteiger partial charge >= 0.3 is 0 Å². The minimum Gasteiger partial charge on any atom is -0.494 e. The molecule has 2 aromatic carbocycles. The Morgan fingerprint density at radius 1 is 1.10 bits per heavy atom. The van der Waals surface area contributed by atoms with Crippen LogP contribution in [0.25, 0.3) is 0 Å². The van der Waals surface area contributed by atoms with Crippen LogP contribution in [0.15, 0.2) is 53.0 Å². The smallest absolute Gasteiger partial charge is 0.119 e. The Hall–Kier alpha value is -1.32. The Bertz CT molecular complexity index is 571. The van der Waals surface area contributed by atoms with Gasteiger partial charge in [0.25, 0.3) is 0 Å². The van der Waals surface area contributed by atoms with Crippen LogP contribution in [0.4, 0.5) is 0 Å². The van der Waals surface area contributed by atoms with E-state index >= 15 is 0 Å². The van der Waals surface area contributed by atoms with E-state index in [0.29, 0.717) is 12.6 Å². The molecule has 1 atom stereocenters. The predicted octanol–water partition coefficient (Wildman–Crippen LogP) is 4.74. The number of benzene rings is 2. The van der Waals surface area contributed by atoms with Crippen LogP contribution in [-0.2, 0) is 6.42 Å². The number of hydrogen-bond acceptors (Lipinski definition) is 2. The summed E-state index contributed by atoms with van der Waals surface area (Å²) < 4.78 is 6.73. The van der Waals surface area contributed by atoms with Crippen molar-refractivity contribution in [3.05, 3.63) is 64.1 Å². The van der Waals surface area contributed by atoms with Crippen LogP contribution < -0.4 is 10.1 Å². The summed E-state index contributed by atoms with van der Waals surface area (Å²) >= 11 is 3.54. The van der Waals surface area contributed by atoms with Crippen molar-refractivity contribution in [1.82, 2.24) is 5.32 Å². The maximum atomic E-state index is 5.61. The number of likely N-dealkylation sites (N-methyl/N-ethyl adjacent to an activating group) is 1. The van der Waals surface area contributed by atoms with Crippen LogP contribution in [0.5, 0.6) is 5.75 Å². The molecule has 0 aliphatic heterocycles. The topological polar surface area (TPSA) is 21.3 Å². The Morgan fingerprint density at radius 3 is 2.62 bits per heavy atom. The molecule has 0 saturated carbocycles. The maximum Gasteiger partial charge on any atom is 0.119 e. The first-order chi connectivity index (χ1) is 10.2. The van der Waals surface area contributed by atoms with Gasteiger partial charge in [-0.15, -0.1) is 0 Å². The fourth-order valence-corrected chi connectivity index (χ4v) is 2.89. The molecule has 0 aliphatic carbocycles. The zero-order valence-corrected chi connectivity index (χ0v) is 14.2. The Labute approximate surface area is 135 Å². The number of nitrogens with one attached hydrogen (secondary N) is 1. The summed E-state index contributed by atoms with van der Waals surface area (Å²) in [5.41, 5.74) is 2.58. The molecule has 21 heavy (non-hydrogen) atoms. The zero-order valence-electron chi connectivity index (χ0n) is 12.6. The van der Waals surface area contributed by atoms with Crippen molar-refractivity contribution in [3.63, 3.8) is 0 Å². The fourth-order valence-electron chi connectivity index (χ4n) is 2.44. The van der Waals surface area contributed by atoms with Crippen LogP contribution >= 0.6 is 15.9 Å². The molecular formula is C18H22BrNO. The van der Waals surface area contributed by atoms with E-state index in [1.54, 1.807) is 0 Å². The van der Waals surface area contributed by atoms with Crippen molar-refractivity contribution in [1.29, 1.82) is 0 Å². The molecule has 0 heterocycles. The molecule has 0 spiro atoms. The second-order valence-electron chi connectivity index (χ2n) is 4.95. The van der Waals surface area contributed by atoms with Gasteiger partial charge in [0.15, 0.2) is 0 Å². The lowest BCUT2D eigenvalue weighted by atomic mass is 9.98. The van der Waals surface area contributed by atoms with E-state index in [4.69, 9.17) is 4.74 Å². The van der Waals surface area contributed by atoms with E-state index in [1.807, 2.05) is 13.0 Å². The molecular weight excluding hydrogens is 326 g/mol. The molecule has 1 unspecified atom stereocenters. The normalized spacial score (nSPS) is 12.1. The van der Waals surface area contributed by atoms with E-state index in [2.05, 4.69) is 70.6 Å². The summed E-state index contributed by atoms with van der Waals surface area (Å²) in [4.78, 5) is 0. The summed E-state index contributed by atoms with van der Waals surface area (Å²) in [5, 5.41) is 3.57. The molecule has 0 aliphatic rings. The SMILES string of the molecule is CCNC(Cc1cccc(Br)c1)c1cccc(OCC)c1. The third-order valence-electron chi connectivity index (χ3n) is 3.35. The average Bonchev–Trinajstić information content (AvgIpc) is 2.47. The van der Waals surface area contributed by atoms with E-state index in [1.165, 1.54) is 11.1 Å². The largest absolute Gasteiger partial charge is 0.494 e. The van der Waals surface area contributed by atoms with E-state index in [0.717, 1.165) is 23.2 Å². The van der Waals surface area contributed by atoms with Gasteiger partial charge in [-0.2, -0.15) is 0 Å². The van der Waals surface area contributed by atoms with Gasteiger partial charge in [-0.1, -0.05) is 47.1 Å². The van der Waals surface area contributed by atoms with E-state index in [-0.39, 0.29) is 0 Å². The second-order valence-corrected chi connectivity index (χ2v) is 5.87. The highest BCUT2D eigenvalue weighted by atomic mass is 79.9. The van der Waals surface area contributed by atoms with Crippen LogP contribution in [0, 0.1) is 0 Å². The van der Waals surface area contributed by atoms with Crippen molar-refractivity contribution in [3.8, 4) is 5.75 Å². The lowest BCUT2D eigenvalue weighted by molar-refractivity contribution is 0.339. The molecule has 2 nitrogen and oxygen atoms in total. The average molecular weight is 348 g/mol. The van der Waals surface area contributed by atoms with Gasteiger partial charge in [0.1, 0.15) is 5.75 Å². The molecule has 2 rings (SSSR count). The van der Waals surface area contributed by atoms with Gasteiger partial charge in [0.2, 0.25) is 0 Å². The van der Waals surface area contributed by atoms with Crippen LogP contribution in [0.2, 0.25) is 0 Å². The Morgan fingerprint density at radius 2 is 1.90 bits per heavy atom. The van der Waals surface area contributed by atoms with Crippen LogP contribution in [-0.4, -0.2) is 13.2 Å². The zero-order chi connectivity index (χ0) is 15.1. The summed E-state index contributed by atoms with van der Waals surface area (Å²) in [6, 6.07) is 17.1. The standard InChI is InChI=1S/C18H22BrNO/c1-3-20-18(12-14-7-5-9-16(19)11-14)15-8-6-10-17(13-15)21-4-2/h5-11,13,18,20H,3-4,12H2,1-2H3. The van der Waals surface area contributed by atoms with Crippen molar-refractivity contribution < 1.29 is 4.74 Å². The molecule has 0 aromatic heterocycles. The third kappa shape index (κ3) is 4.87. The first-order valence-electron chi connectivity index (χ1n) is 7.43. The molecule has 0 radical (unpaired) electrons. The summed E-state index contributed by atoms with van der Waals surface area (Å²) in [6.45, 7) is 5.79. The Kier molecular flexibility index (Phi) is 6.27. The summed E-state index contributed by atoms with van der Waals surface area (Å²) in [5.74, 6) is 0.937. The summed E-state index contributed by atoms with van der Waals surface area (Å²) in [6.07, 6.45) is 0.961. The number of hydrogen-bond donors (Lipinski definition) is 1. The number of rotatable bonds is 7. The van der Waals surface area contributed by atoms with Crippen molar-refractivity contribution >= 4 is 15.9 Å². The first-order valence-corrected chi connectivity index (χ1v) is 8.22. The quantitative estimate of drug-likeness (QED) is 0.780. The highest BCUT2D eigenvalue weighted by molar-refractivity contribution is 9.10. The molecule has 0 bridgehead atoms. The van der Waals surface area contributed by atoms with Gasteiger partial charge in [0, 0.05) is 10.5 Å². The molecule has 1 N–H and O–H groups in total. The maximum absolute atomic E-state index is 5.61. The lowest BCUT2D eigenvalue weighted by Crippen LogP contribution is -2.23. The van der Waals surface area contributed by atoms with Crippen molar-refractivity contribution in [2.75, 3.05) is 13.2 Å². The highest BCUT2D eigenvalue weighted by Crippen LogP contribution is 2.24. The van der Waals surface area contributed by atoms with E-state index in [9.17, 15) is 0 Å². The minimum absolute atomic E-state index is 0.296. The Balaban J connectivity index is 2.19. The van der Waals surface area contributed by atoms with Gasteiger partial charge in [-0.25, -0.2) is 0 Å². The van der Waals surface area contributed by atoms with Crippen LogP contribution in [0.1, 0.15) is 31.0 Å². The fraction of sp³-hybridized carbons (Fsp3) is 0.333. The highest BCUT2D eigenvalue weighted by Gasteiger charge is 2.12. The van der Waals surface area contributed by atoms with Gasteiger partial charge in [-0.3, -0.25) is 0 Å². The van der Waals surface area contributed by atoms with E-state index < -0.39 is 0 Å². The molecule has 112 valence electrons. The van der Waals surface area contributed by atoms with Gasteiger partial charge in [-0.05, 0) is 55.3 Å². The second kappa shape index (κ2) is 8.20. The van der Waals surface area contributed by atoms with Gasteiger partial charge < -0.3 is 10.1 Å². The molecule has 0 saturated heterocycles. The molecule has 3 heteroatoms. The van der Waals surface area contributed by atoms with Crippen molar-refractivity contribution in [2.24, 2.45) is 0 Å². The molecule has 0 fully saturated rings. The number of ether oxygens (including phenoxy) is 1. The van der Waals surface area contributed by atoms with Gasteiger partial charge in [0.05, 0.1) is 6.61 Å². The number of halogens is 1. The molecule has 0 amide bonds. The van der Waals surface area contributed by atoms with Crippen LogP contribution in [0.3, 0.4) is 0 Å². The summed E-state index contributed by atoms with van der Waals surface area (Å²) in [7, 11) is 0. The first kappa shape index (κ1) is 16.1. The molecule has 2 aromatic rings. The lowest BCUT2D eigenvalue weighted by Gasteiger charge is -2.19.